The summed E-state index contributed by atoms with van der Waals surface area (Å²) in [5, 5.41) is 9.62. The molecule has 3 N–H and O–H groups in total. The van der Waals surface area contributed by atoms with Crippen molar-refractivity contribution in [3.05, 3.63) is 88.8 Å². The van der Waals surface area contributed by atoms with Gasteiger partial charge < -0.3 is 15.7 Å². The lowest BCUT2D eigenvalue weighted by Crippen LogP contribution is -2.25. The van der Waals surface area contributed by atoms with Gasteiger partial charge >= 0.3 is 0 Å². The third-order valence-corrected chi connectivity index (χ3v) is 5.48. The van der Waals surface area contributed by atoms with Crippen LogP contribution in [0.25, 0.3) is 0 Å². The molecule has 3 aromatic rings. The van der Waals surface area contributed by atoms with Crippen molar-refractivity contribution in [1.82, 2.24) is 9.97 Å². The van der Waals surface area contributed by atoms with E-state index in [2.05, 4.69) is 21.8 Å². The zero-order valence-electron chi connectivity index (χ0n) is 20.6. The molecule has 186 valence electrons. The fraction of sp³-hybridized carbons (Fsp3) is 0.286. The smallest absolute Gasteiger partial charge is 0.267 e. The molecule has 0 atom stereocenters. The summed E-state index contributed by atoms with van der Waals surface area (Å²) < 4.78 is 13.3. The number of aliphatic hydroxyl groups is 1. The lowest BCUT2D eigenvalue weighted by atomic mass is 10.0. The number of rotatable bonds is 3. The van der Waals surface area contributed by atoms with Gasteiger partial charge in [0.15, 0.2) is 0 Å². The molecule has 4 rings (SSSR count). The highest BCUT2D eigenvalue weighted by atomic mass is 19.1. The van der Waals surface area contributed by atoms with Crippen LogP contribution in [0.3, 0.4) is 0 Å². The Morgan fingerprint density at radius 2 is 1.94 bits per heavy atom. The van der Waals surface area contributed by atoms with Gasteiger partial charge in [-0.1, -0.05) is 24.0 Å². The minimum absolute atomic E-state index is 0.145. The number of halogens is 1. The second-order valence-electron chi connectivity index (χ2n) is 9.00. The summed E-state index contributed by atoms with van der Waals surface area (Å²) in [7, 11) is 1.81. The van der Waals surface area contributed by atoms with Gasteiger partial charge in [0.1, 0.15) is 11.3 Å². The highest BCUT2D eigenvalue weighted by Gasteiger charge is 2.18. The Bertz CT molecular complexity index is 1320. The zero-order valence-corrected chi connectivity index (χ0v) is 20.6. The van der Waals surface area contributed by atoms with Crippen LogP contribution in [-0.4, -0.2) is 39.5 Å². The van der Waals surface area contributed by atoms with Gasteiger partial charge in [0.05, 0.1) is 0 Å². The van der Waals surface area contributed by atoms with Crippen molar-refractivity contribution in [3.8, 4) is 11.8 Å². The Labute approximate surface area is 210 Å². The summed E-state index contributed by atoms with van der Waals surface area (Å²) in [6.45, 7) is 3.30. The molecule has 8 heteroatoms. The molecule has 0 saturated heterocycles. The van der Waals surface area contributed by atoms with Gasteiger partial charge in [-0.25, -0.2) is 4.98 Å². The van der Waals surface area contributed by atoms with E-state index in [0.29, 0.717) is 18.4 Å². The number of pyridine rings is 2. The molecule has 7 nitrogen and oxygen atoms in total. The number of nitrogens with two attached hydrogens (primary N) is 1. The quantitative estimate of drug-likeness (QED) is 0.434. The molecule has 1 aliphatic rings. The molecule has 0 spiro atoms. The molecule has 0 radical (unpaired) electrons. The maximum Gasteiger partial charge on any atom is 0.267 e. The Hall–Kier alpha value is -4.09. The average Bonchev–Trinajstić information content (AvgIpc) is 2.97. The van der Waals surface area contributed by atoms with Gasteiger partial charge in [-0.05, 0) is 68.1 Å². The van der Waals surface area contributed by atoms with E-state index < -0.39 is 17.5 Å². The first-order valence-electron chi connectivity index (χ1n) is 11.5. The standard InChI is InChI=1S/C16H19NO2.C12H10FN3O/c1-16(2,19)10-9-12-7-8-13-5-4-6-15(18)17(3)14(13)11-12;13-11-9(2-1-4-16-11)6-8-3-5-15-10(7-8)12(14)17/h7-8,11,19H,4-6H2,1-3H3;1-5,7H,6H2,(H2,14,17). The molecule has 0 unspecified atom stereocenters. The number of hydrogen-bond donors (Lipinski definition) is 2. The molecular weight excluding hydrogens is 459 g/mol. The number of fused-ring (bicyclic) bond motifs is 1. The average molecular weight is 489 g/mol. The summed E-state index contributed by atoms with van der Waals surface area (Å²) in [6, 6.07) is 12.5. The van der Waals surface area contributed by atoms with Crippen molar-refractivity contribution in [3.63, 3.8) is 0 Å². The highest BCUT2D eigenvalue weighted by Crippen LogP contribution is 2.27. The van der Waals surface area contributed by atoms with Gasteiger partial charge in [0.25, 0.3) is 5.91 Å². The number of benzene rings is 1. The third-order valence-electron chi connectivity index (χ3n) is 5.48. The van der Waals surface area contributed by atoms with Gasteiger partial charge in [-0.3, -0.25) is 14.6 Å². The molecule has 0 fully saturated rings. The molecule has 3 heterocycles. The fourth-order valence-electron chi connectivity index (χ4n) is 3.61. The number of hydrogen-bond acceptors (Lipinski definition) is 5. The molecule has 1 aliphatic heterocycles. The van der Waals surface area contributed by atoms with Crippen LogP contribution in [0.4, 0.5) is 10.1 Å². The van der Waals surface area contributed by atoms with Crippen LogP contribution in [0.2, 0.25) is 0 Å². The monoisotopic (exact) mass is 488 g/mol. The van der Waals surface area contributed by atoms with Crippen LogP contribution in [0, 0.1) is 17.8 Å². The summed E-state index contributed by atoms with van der Waals surface area (Å²) in [5.74, 6) is 4.78. The molecule has 2 aromatic heterocycles. The van der Waals surface area contributed by atoms with Crippen LogP contribution in [0.5, 0.6) is 0 Å². The van der Waals surface area contributed by atoms with Crippen molar-refractivity contribution in [1.29, 1.82) is 0 Å². The summed E-state index contributed by atoms with van der Waals surface area (Å²) >= 11 is 0. The van der Waals surface area contributed by atoms with E-state index in [1.54, 1.807) is 50.1 Å². The molecule has 0 bridgehead atoms. The molecule has 0 saturated carbocycles. The summed E-state index contributed by atoms with van der Waals surface area (Å²) in [4.78, 5) is 31.9. The van der Waals surface area contributed by atoms with Crippen molar-refractivity contribution < 1.29 is 19.1 Å². The van der Waals surface area contributed by atoms with E-state index in [1.807, 2.05) is 18.2 Å². The van der Waals surface area contributed by atoms with Gasteiger partial charge in [0, 0.05) is 49.1 Å². The van der Waals surface area contributed by atoms with Crippen LogP contribution in [-0.2, 0) is 17.6 Å². The van der Waals surface area contributed by atoms with Crippen molar-refractivity contribution in [2.24, 2.45) is 5.73 Å². The fourth-order valence-corrected chi connectivity index (χ4v) is 3.61. The van der Waals surface area contributed by atoms with Crippen molar-refractivity contribution in [2.75, 3.05) is 11.9 Å². The second-order valence-corrected chi connectivity index (χ2v) is 9.00. The Morgan fingerprint density at radius 3 is 2.64 bits per heavy atom. The summed E-state index contributed by atoms with van der Waals surface area (Å²) in [6.07, 6.45) is 5.62. The van der Waals surface area contributed by atoms with E-state index in [-0.39, 0.29) is 11.6 Å². The maximum atomic E-state index is 13.3. The van der Waals surface area contributed by atoms with E-state index in [9.17, 15) is 19.1 Å². The Kier molecular flexibility index (Phi) is 8.51. The first-order chi connectivity index (χ1) is 17.0. The topological polar surface area (TPSA) is 109 Å². The predicted molar refractivity (Wildman–Crippen MR) is 136 cm³/mol. The Morgan fingerprint density at radius 1 is 1.17 bits per heavy atom. The Balaban J connectivity index is 0.000000202. The van der Waals surface area contributed by atoms with Gasteiger partial charge in [-0.2, -0.15) is 4.39 Å². The number of primary amides is 1. The van der Waals surface area contributed by atoms with E-state index in [4.69, 9.17) is 5.73 Å². The minimum atomic E-state index is -1.01. The van der Waals surface area contributed by atoms with Crippen LogP contribution < -0.4 is 10.6 Å². The number of anilines is 1. The molecule has 1 aromatic carbocycles. The van der Waals surface area contributed by atoms with E-state index in [0.717, 1.165) is 29.7 Å². The first-order valence-corrected chi connectivity index (χ1v) is 11.5. The van der Waals surface area contributed by atoms with E-state index in [1.165, 1.54) is 18.0 Å². The maximum absolute atomic E-state index is 13.3. The normalized spacial score (nSPS) is 12.9. The largest absolute Gasteiger partial charge is 0.378 e. The number of carbonyl (C=O) groups excluding carboxylic acids is 2. The van der Waals surface area contributed by atoms with E-state index >= 15 is 0 Å². The van der Waals surface area contributed by atoms with Crippen LogP contribution in [0.15, 0.2) is 54.9 Å². The number of aromatic nitrogens is 2. The lowest BCUT2D eigenvalue weighted by Gasteiger charge is -2.17. The molecule has 36 heavy (non-hydrogen) atoms. The minimum Gasteiger partial charge on any atom is -0.378 e. The predicted octanol–water partition coefficient (Wildman–Crippen LogP) is 3.41. The first kappa shape index (κ1) is 26.5. The zero-order chi connectivity index (χ0) is 26.3. The third kappa shape index (κ3) is 7.45. The molecule has 0 aliphatic carbocycles. The SMILES string of the molecule is CN1C(=O)CCCc2ccc(C#CC(C)(C)O)cc21.NC(=O)c1cc(Cc2cccnc2F)ccn1. The van der Waals surface area contributed by atoms with Crippen LogP contribution in [0.1, 0.15) is 59.4 Å². The molecular formula is C28H29FN4O3. The number of carbonyl (C=O) groups is 2. The number of nitrogens with zero attached hydrogens (tertiary/aromatic N) is 3. The molecule has 2 amide bonds. The van der Waals surface area contributed by atoms with Crippen molar-refractivity contribution >= 4 is 17.5 Å². The second kappa shape index (κ2) is 11.6. The van der Waals surface area contributed by atoms with Gasteiger partial charge in [-0.15, -0.1) is 0 Å². The number of aryl methyl sites for hydroxylation is 1. The van der Waals surface area contributed by atoms with Gasteiger partial charge in [0.2, 0.25) is 11.9 Å². The van der Waals surface area contributed by atoms with Crippen LogP contribution >= 0.6 is 0 Å². The number of amides is 2. The lowest BCUT2D eigenvalue weighted by molar-refractivity contribution is -0.118. The highest BCUT2D eigenvalue weighted by molar-refractivity contribution is 5.94. The summed E-state index contributed by atoms with van der Waals surface area (Å²) in [5.41, 5.74) is 8.46. The van der Waals surface area contributed by atoms with Crippen molar-refractivity contribution in [2.45, 2.75) is 45.1 Å².